The number of hydrogen-bond donors (Lipinski definition) is 2. The Bertz CT molecular complexity index is 459. The Labute approximate surface area is 106 Å². The first-order valence-electron chi connectivity index (χ1n) is 6.01. The van der Waals surface area contributed by atoms with Gasteiger partial charge < -0.3 is 20.3 Å². The van der Waals surface area contributed by atoms with E-state index < -0.39 is 12.0 Å². The number of benzene rings is 1. The fourth-order valence-electron chi connectivity index (χ4n) is 2.02. The second kappa shape index (κ2) is 5.27. The third-order valence-electron chi connectivity index (χ3n) is 3.00. The molecule has 5 nitrogen and oxygen atoms in total. The Morgan fingerprint density at radius 3 is 2.39 bits per heavy atom. The number of nitrogens with two attached hydrogens (primary N) is 1. The van der Waals surface area contributed by atoms with E-state index in [9.17, 15) is 4.79 Å². The van der Waals surface area contributed by atoms with Gasteiger partial charge in [-0.3, -0.25) is 4.79 Å². The van der Waals surface area contributed by atoms with Crippen LogP contribution in [0.1, 0.15) is 18.1 Å². The Hall–Kier alpha value is -1.75. The Kier molecular flexibility index (Phi) is 3.72. The third kappa shape index (κ3) is 2.56. The molecule has 1 aromatic carbocycles. The molecule has 5 heteroatoms. The molecule has 0 saturated carbocycles. The highest BCUT2D eigenvalue weighted by molar-refractivity contribution is 5.73. The SMILES string of the molecule is CCc1cc2c(cc1CC(N)C(=O)O)OCCO2. The highest BCUT2D eigenvalue weighted by atomic mass is 16.6. The molecule has 18 heavy (non-hydrogen) atoms. The summed E-state index contributed by atoms with van der Waals surface area (Å²) in [6.45, 7) is 3.08. The zero-order chi connectivity index (χ0) is 13.1. The fourth-order valence-corrected chi connectivity index (χ4v) is 2.02. The highest BCUT2D eigenvalue weighted by Gasteiger charge is 2.19. The Morgan fingerprint density at radius 1 is 1.33 bits per heavy atom. The van der Waals surface area contributed by atoms with E-state index in [1.54, 1.807) is 0 Å². The Balaban J connectivity index is 2.30. The number of hydrogen-bond acceptors (Lipinski definition) is 4. The number of aliphatic carboxylic acids is 1. The van der Waals surface area contributed by atoms with E-state index in [0.29, 0.717) is 25.4 Å². The largest absolute Gasteiger partial charge is 0.486 e. The van der Waals surface area contributed by atoms with Crippen LogP contribution in [0, 0.1) is 0 Å². The molecule has 2 rings (SSSR count). The lowest BCUT2D eigenvalue weighted by Crippen LogP contribution is -2.32. The van der Waals surface area contributed by atoms with Crippen molar-refractivity contribution in [3.63, 3.8) is 0 Å². The number of carbonyl (C=O) groups is 1. The summed E-state index contributed by atoms with van der Waals surface area (Å²) in [5.41, 5.74) is 7.54. The minimum atomic E-state index is -0.994. The molecule has 1 aliphatic heterocycles. The molecule has 0 bridgehead atoms. The molecular weight excluding hydrogens is 234 g/mol. The molecule has 1 aromatic rings. The summed E-state index contributed by atoms with van der Waals surface area (Å²) in [5.74, 6) is 0.406. The van der Waals surface area contributed by atoms with Gasteiger partial charge >= 0.3 is 5.97 Å². The van der Waals surface area contributed by atoms with Crippen molar-refractivity contribution in [1.29, 1.82) is 0 Å². The molecule has 0 radical (unpaired) electrons. The summed E-state index contributed by atoms with van der Waals surface area (Å²) >= 11 is 0. The summed E-state index contributed by atoms with van der Waals surface area (Å²) in [7, 11) is 0. The van der Waals surface area contributed by atoms with Crippen molar-refractivity contribution in [1.82, 2.24) is 0 Å². The van der Waals surface area contributed by atoms with Crippen molar-refractivity contribution in [2.24, 2.45) is 5.73 Å². The second-order valence-electron chi connectivity index (χ2n) is 4.27. The van der Waals surface area contributed by atoms with Crippen molar-refractivity contribution in [2.75, 3.05) is 13.2 Å². The van der Waals surface area contributed by atoms with Crippen LogP contribution < -0.4 is 15.2 Å². The third-order valence-corrected chi connectivity index (χ3v) is 3.00. The zero-order valence-corrected chi connectivity index (χ0v) is 10.3. The van der Waals surface area contributed by atoms with Crippen molar-refractivity contribution >= 4 is 5.97 Å². The number of carboxylic acid groups (broad SMARTS) is 1. The minimum Gasteiger partial charge on any atom is -0.486 e. The van der Waals surface area contributed by atoms with Gasteiger partial charge in [0.05, 0.1) is 0 Å². The maximum atomic E-state index is 10.8. The number of fused-ring (bicyclic) bond motifs is 1. The first kappa shape index (κ1) is 12.7. The summed E-state index contributed by atoms with van der Waals surface area (Å²) in [5, 5.41) is 8.86. The second-order valence-corrected chi connectivity index (χ2v) is 4.27. The van der Waals surface area contributed by atoms with Crippen molar-refractivity contribution in [2.45, 2.75) is 25.8 Å². The molecule has 0 fully saturated rings. The molecule has 1 heterocycles. The molecule has 1 unspecified atom stereocenters. The maximum absolute atomic E-state index is 10.8. The topological polar surface area (TPSA) is 81.8 Å². The van der Waals surface area contributed by atoms with Gasteiger partial charge in [0.1, 0.15) is 19.3 Å². The summed E-state index contributed by atoms with van der Waals surface area (Å²) in [6.07, 6.45) is 1.10. The van der Waals surface area contributed by atoms with Crippen LogP contribution in [0.15, 0.2) is 12.1 Å². The van der Waals surface area contributed by atoms with Crippen LogP contribution in [0.3, 0.4) is 0 Å². The number of aryl methyl sites for hydroxylation is 1. The standard InChI is InChI=1S/C13H17NO4/c1-2-8-6-11-12(18-4-3-17-11)7-9(8)5-10(14)13(15)16/h6-7,10H,2-5,14H2,1H3,(H,15,16). The molecule has 3 N–H and O–H groups in total. The van der Waals surface area contributed by atoms with E-state index in [2.05, 4.69) is 0 Å². The normalized spacial score (nSPS) is 15.2. The molecule has 1 atom stereocenters. The summed E-state index contributed by atoms with van der Waals surface area (Å²) in [6, 6.07) is 2.87. The molecule has 0 aromatic heterocycles. The van der Waals surface area contributed by atoms with Crippen LogP contribution >= 0.6 is 0 Å². The van der Waals surface area contributed by atoms with Crippen LogP contribution in [0.2, 0.25) is 0 Å². The van der Waals surface area contributed by atoms with Gasteiger partial charge in [-0.25, -0.2) is 0 Å². The van der Waals surface area contributed by atoms with Gasteiger partial charge in [-0.15, -0.1) is 0 Å². The average Bonchev–Trinajstić information content (AvgIpc) is 2.37. The molecular formula is C13H17NO4. The summed E-state index contributed by atoms with van der Waals surface area (Å²) < 4.78 is 11.0. The predicted octanol–water partition coefficient (Wildman–Crippen LogP) is 0.975. The van der Waals surface area contributed by atoms with Crippen molar-refractivity contribution < 1.29 is 19.4 Å². The van der Waals surface area contributed by atoms with Crippen LogP contribution in [-0.4, -0.2) is 30.3 Å². The number of ether oxygens (including phenoxy) is 2. The molecule has 0 saturated heterocycles. The first-order chi connectivity index (χ1) is 8.61. The van der Waals surface area contributed by atoms with E-state index in [0.717, 1.165) is 23.3 Å². The van der Waals surface area contributed by atoms with E-state index in [1.807, 2.05) is 19.1 Å². The van der Waals surface area contributed by atoms with Gasteiger partial charge in [0, 0.05) is 0 Å². The van der Waals surface area contributed by atoms with Gasteiger partial charge in [0.2, 0.25) is 0 Å². The maximum Gasteiger partial charge on any atom is 0.320 e. The van der Waals surface area contributed by atoms with E-state index in [1.165, 1.54) is 0 Å². The van der Waals surface area contributed by atoms with Gasteiger partial charge in [-0.2, -0.15) is 0 Å². The summed E-state index contributed by atoms with van der Waals surface area (Å²) in [4.78, 5) is 10.8. The lowest BCUT2D eigenvalue weighted by molar-refractivity contribution is -0.138. The fraction of sp³-hybridized carbons (Fsp3) is 0.462. The monoisotopic (exact) mass is 251 g/mol. The molecule has 0 aliphatic carbocycles. The van der Waals surface area contributed by atoms with Gasteiger partial charge in [0.25, 0.3) is 0 Å². The molecule has 98 valence electrons. The van der Waals surface area contributed by atoms with Crippen LogP contribution in [0.5, 0.6) is 11.5 Å². The van der Waals surface area contributed by atoms with Crippen molar-refractivity contribution in [3.8, 4) is 11.5 Å². The van der Waals surface area contributed by atoms with Crippen LogP contribution in [0.25, 0.3) is 0 Å². The number of rotatable bonds is 4. The van der Waals surface area contributed by atoms with Gasteiger partial charge in [-0.1, -0.05) is 6.92 Å². The van der Waals surface area contributed by atoms with E-state index in [4.69, 9.17) is 20.3 Å². The van der Waals surface area contributed by atoms with E-state index >= 15 is 0 Å². The van der Waals surface area contributed by atoms with E-state index in [-0.39, 0.29) is 0 Å². The van der Waals surface area contributed by atoms with Crippen LogP contribution in [-0.2, 0) is 17.6 Å². The molecule has 0 spiro atoms. The first-order valence-corrected chi connectivity index (χ1v) is 6.01. The lowest BCUT2D eigenvalue weighted by atomic mass is 9.98. The Morgan fingerprint density at radius 2 is 1.89 bits per heavy atom. The van der Waals surface area contributed by atoms with Gasteiger partial charge in [-0.05, 0) is 36.1 Å². The highest BCUT2D eigenvalue weighted by Crippen LogP contribution is 2.33. The minimum absolute atomic E-state index is 0.301. The lowest BCUT2D eigenvalue weighted by Gasteiger charge is -2.21. The smallest absolute Gasteiger partial charge is 0.320 e. The predicted molar refractivity (Wildman–Crippen MR) is 66.1 cm³/mol. The molecule has 1 aliphatic rings. The average molecular weight is 251 g/mol. The molecule has 0 amide bonds. The zero-order valence-electron chi connectivity index (χ0n) is 10.3. The van der Waals surface area contributed by atoms with Crippen molar-refractivity contribution in [3.05, 3.63) is 23.3 Å². The number of carboxylic acids is 1. The quantitative estimate of drug-likeness (QED) is 0.833. The van der Waals surface area contributed by atoms with Crippen LogP contribution in [0.4, 0.5) is 0 Å². The van der Waals surface area contributed by atoms with Gasteiger partial charge in [0.15, 0.2) is 11.5 Å².